The summed E-state index contributed by atoms with van der Waals surface area (Å²) in [4.78, 5) is 31.3. The predicted octanol–water partition coefficient (Wildman–Crippen LogP) is 3.55. The largest absolute Gasteiger partial charge is 0.350 e. The molecule has 0 bridgehead atoms. The molecule has 0 unspecified atom stereocenters. The van der Waals surface area contributed by atoms with Crippen molar-refractivity contribution in [1.29, 1.82) is 0 Å². The minimum Gasteiger partial charge on any atom is -0.349 e. The van der Waals surface area contributed by atoms with Crippen molar-refractivity contribution in [3.63, 3.8) is 0 Å². The maximum absolute atomic E-state index is 12.9. The molecule has 2 heterocycles. The zero-order valence-corrected chi connectivity index (χ0v) is 16.0. The number of aryl methyl sites for hydroxylation is 1. The minimum atomic E-state index is -0.519. The summed E-state index contributed by atoms with van der Waals surface area (Å²) >= 11 is 0. The Labute approximate surface area is 156 Å². The van der Waals surface area contributed by atoms with E-state index in [1.807, 2.05) is 25.1 Å². The molecule has 3 aromatic rings. The maximum atomic E-state index is 12.9. The first-order chi connectivity index (χ1) is 12.8. The van der Waals surface area contributed by atoms with Crippen LogP contribution in [-0.2, 0) is 0 Å². The SMILES string of the molecule is CC1=C[C@@H](C)[C@H](/C=N\n2c(=O)[nH]c3c([nH]c4ccc(C)cc43)c2=O)[C@@H](C)C1. The van der Waals surface area contributed by atoms with E-state index in [1.54, 1.807) is 6.21 Å². The van der Waals surface area contributed by atoms with Gasteiger partial charge in [0.2, 0.25) is 0 Å². The molecule has 2 aromatic heterocycles. The molecule has 0 spiro atoms. The molecule has 0 aliphatic heterocycles. The van der Waals surface area contributed by atoms with E-state index in [1.165, 1.54) is 5.57 Å². The van der Waals surface area contributed by atoms with Crippen LogP contribution in [0.2, 0.25) is 0 Å². The third-order valence-electron chi connectivity index (χ3n) is 5.59. The lowest BCUT2D eigenvalue weighted by molar-refractivity contribution is 0.361. The Morgan fingerprint density at radius 1 is 1.15 bits per heavy atom. The molecule has 4 rings (SSSR count). The van der Waals surface area contributed by atoms with Gasteiger partial charge in [0.15, 0.2) is 0 Å². The average molecular weight is 364 g/mol. The van der Waals surface area contributed by atoms with Gasteiger partial charge in [-0.3, -0.25) is 4.79 Å². The second-order valence-electron chi connectivity index (χ2n) is 7.87. The van der Waals surface area contributed by atoms with Crippen LogP contribution in [0.15, 0.2) is 44.5 Å². The second-order valence-corrected chi connectivity index (χ2v) is 7.87. The van der Waals surface area contributed by atoms with Crippen molar-refractivity contribution in [3.8, 4) is 0 Å². The van der Waals surface area contributed by atoms with Crippen molar-refractivity contribution in [2.45, 2.75) is 34.1 Å². The minimum absolute atomic E-state index is 0.195. The van der Waals surface area contributed by atoms with Crippen molar-refractivity contribution in [2.75, 3.05) is 0 Å². The molecule has 0 amide bonds. The fraction of sp³-hybridized carbons (Fsp3) is 0.381. The molecule has 6 nitrogen and oxygen atoms in total. The Morgan fingerprint density at radius 3 is 2.67 bits per heavy atom. The summed E-state index contributed by atoms with van der Waals surface area (Å²) in [5.41, 5.74) is 3.22. The van der Waals surface area contributed by atoms with Gasteiger partial charge in [-0.15, -0.1) is 4.68 Å². The van der Waals surface area contributed by atoms with E-state index >= 15 is 0 Å². The monoisotopic (exact) mass is 364 g/mol. The van der Waals surface area contributed by atoms with E-state index in [0.29, 0.717) is 22.9 Å². The van der Waals surface area contributed by atoms with Gasteiger partial charge in [0.25, 0.3) is 0 Å². The number of fused-ring (bicyclic) bond motifs is 3. The molecule has 140 valence electrons. The Bertz CT molecular complexity index is 1210. The van der Waals surface area contributed by atoms with E-state index in [-0.39, 0.29) is 5.92 Å². The summed E-state index contributed by atoms with van der Waals surface area (Å²) in [6, 6.07) is 5.83. The summed E-state index contributed by atoms with van der Waals surface area (Å²) in [7, 11) is 0. The van der Waals surface area contributed by atoms with Crippen LogP contribution in [0, 0.1) is 24.7 Å². The van der Waals surface area contributed by atoms with Gasteiger partial charge < -0.3 is 9.97 Å². The lowest BCUT2D eigenvalue weighted by Gasteiger charge is -2.29. The quantitative estimate of drug-likeness (QED) is 0.538. The number of allylic oxidation sites excluding steroid dienone is 2. The van der Waals surface area contributed by atoms with Gasteiger partial charge >= 0.3 is 11.2 Å². The molecule has 0 fully saturated rings. The van der Waals surface area contributed by atoms with Gasteiger partial charge in [-0.1, -0.05) is 37.1 Å². The Kier molecular flexibility index (Phi) is 4.13. The average Bonchev–Trinajstić information content (AvgIpc) is 2.94. The van der Waals surface area contributed by atoms with Crippen LogP contribution in [0.1, 0.15) is 32.8 Å². The fourth-order valence-corrected chi connectivity index (χ4v) is 4.28. The highest BCUT2D eigenvalue weighted by atomic mass is 16.2. The summed E-state index contributed by atoms with van der Waals surface area (Å²) in [6.07, 6.45) is 5.01. The zero-order valence-electron chi connectivity index (χ0n) is 16.0. The van der Waals surface area contributed by atoms with Crippen molar-refractivity contribution in [3.05, 3.63) is 56.2 Å². The number of aromatic amines is 2. The van der Waals surface area contributed by atoms with Gasteiger partial charge in [-0.25, -0.2) is 4.79 Å². The number of aromatic nitrogens is 3. The first-order valence-corrected chi connectivity index (χ1v) is 9.34. The molecule has 3 atom stereocenters. The normalized spacial score (nSPS) is 23.4. The number of hydrogen-bond donors (Lipinski definition) is 2. The first-order valence-electron chi connectivity index (χ1n) is 9.34. The summed E-state index contributed by atoms with van der Waals surface area (Å²) < 4.78 is 0.926. The first kappa shape index (κ1) is 17.5. The van der Waals surface area contributed by atoms with E-state index in [0.717, 1.165) is 27.6 Å². The standard InChI is InChI=1S/C21H24N4O2/c1-11-5-6-17-15(9-11)18-19(23-17)20(26)25(21(27)24-18)22-10-16-13(3)7-12(2)8-14(16)4/h5-7,9-10,13-14,16,23H,8H2,1-4H3,(H,24,27)/b22-10-/t13-,14+,16+/m1/s1. The molecule has 1 aromatic carbocycles. The van der Waals surface area contributed by atoms with E-state index in [4.69, 9.17) is 0 Å². The summed E-state index contributed by atoms with van der Waals surface area (Å²) in [5, 5.41) is 5.12. The van der Waals surface area contributed by atoms with Crippen molar-refractivity contribution < 1.29 is 0 Å². The topological polar surface area (TPSA) is 83.0 Å². The number of nitrogens with zero attached hydrogens (tertiary/aromatic N) is 2. The Balaban J connectivity index is 1.82. The molecule has 0 radical (unpaired) electrons. The van der Waals surface area contributed by atoms with Gasteiger partial charge in [0.05, 0.1) is 5.52 Å². The van der Waals surface area contributed by atoms with Crippen LogP contribution in [0.4, 0.5) is 0 Å². The Morgan fingerprint density at radius 2 is 1.93 bits per heavy atom. The fourth-order valence-electron chi connectivity index (χ4n) is 4.28. The highest BCUT2D eigenvalue weighted by Gasteiger charge is 2.25. The van der Waals surface area contributed by atoms with Crippen LogP contribution in [0.3, 0.4) is 0 Å². The number of nitrogens with one attached hydrogen (secondary N) is 2. The van der Waals surface area contributed by atoms with Gasteiger partial charge in [-0.05, 0) is 44.2 Å². The van der Waals surface area contributed by atoms with Crippen LogP contribution >= 0.6 is 0 Å². The smallest absolute Gasteiger partial charge is 0.349 e. The molecule has 6 heteroatoms. The molecule has 2 N–H and O–H groups in total. The highest BCUT2D eigenvalue weighted by Crippen LogP contribution is 2.32. The molecule has 0 saturated carbocycles. The second kappa shape index (κ2) is 6.37. The van der Waals surface area contributed by atoms with Crippen LogP contribution < -0.4 is 11.2 Å². The van der Waals surface area contributed by atoms with Gasteiger partial charge in [0.1, 0.15) is 5.52 Å². The molecule has 1 aliphatic rings. The highest BCUT2D eigenvalue weighted by molar-refractivity contribution is 6.04. The number of hydrogen-bond acceptors (Lipinski definition) is 3. The third kappa shape index (κ3) is 2.95. The van der Waals surface area contributed by atoms with Crippen LogP contribution in [-0.4, -0.2) is 20.9 Å². The summed E-state index contributed by atoms with van der Waals surface area (Å²) in [5.74, 6) is 0.941. The predicted molar refractivity (Wildman–Crippen MR) is 110 cm³/mol. The van der Waals surface area contributed by atoms with Crippen molar-refractivity contribution >= 4 is 28.2 Å². The Hall–Kier alpha value is -2.89. The molecule has 1 aliphatic carbocycles. The number of rotatable bonds is 2. The molecular formula is C21H24N4O2. The van der Waals surface area contributed by atoms with Gasteiger partial charge in [-0.2, -0.15) is 5.10 Å². The lowest BCUT2D eigenvalue weighted by atomic mass is 9.76. The number of H-pyrrole nitrogens is 2. The van der Waals surface area contributed by atoms with Crippen molar-refractivity contribution in [1.82, 2.24) is 14.6 Å². The molecular weight excluding hydrogens is 340 g/mol. The lowest BCUT2D eigenvalue weighted by Crippen LogP contribution is -2.33. The van der Waals surface area contributed by atoms with E-state index < -0.39 is 11.2 Å². The third-order valence-corrected chi connectivity index (χ3v) is 5.59. The molecule has 27 heavy (non-hydrogen) atoms. The van der Waals surface area contributed by atoms with E-state index in [2.05, 4.69) is 41.9 Å². The molecule has 0 saturated heterocycles. The zero-order chi connectivity index (χ0) is 19.3. The van der Waals surface area contributed by atoms with Crippen molar-refractivity contribution in [2.24, 2.45) is 22.9 Å². The van der Waals surface area contributed by atoms with E-state index in [9.17, 15) is 9.59 Å². The number of benzene rings is 1. The maximum Gasteiger partial charge on any atom is 0.350 e. The van der Waals surface area contributed by atoms with Crippen LogP contribution in [0.5, 0.6) is 0 Å². The van der Waals surface area contributed by atoms with Crippen LogP contribution in [0.25, 0.3) is 21.9 Å². The van der Waals surface area contributed by atoms with Gasteiger partial charge in [0, 0.05) is 23.0 Å². The summed E-state index contributed by atoms with van der Waals surface area (Å²) in [6.45, 7) is 8.44.